The van der Waals surface area contributed by atoms with Gasteiger partial charge in [0.25, 0.3) is 0 Å². The predicted molar refractivity (Wildman–Crippen MR) is 58.8 cm³/mol. The van der Waals surface area contributed by atoms with Gasteiger partial charge in [-0.2, -0.15) is 0 Å². The Balaban J connectivity index is 2.85. The molecule has 0 fully saturated rings. The Bertz CT molecular complexity index is 316. The maximum absolute atomic E-state index is 5.42. The first-order valence-corrected chi connectivity index (χ1v) is 5.23. The van der Waals surface area contributed by atoms with E-state index >= 15 is 0 Å². The Morgan fingerprint density at radius 1 is 1.31 bits per heavy atom. The number of aromatic nitrogens is 2. The lowest BCUT2D eigenvalue weighted by molar-refractivity contribution is -0.109. The van der Waals surface area contributed by atoms with E-state index in [2.05, 4.69) is 9.97 Å². The van der Waals surface area contributed by atoms with Crippen molar-refractivity contribution >= 4 is 0 Å². The van der Waals surface area contributed by atoms with Crippen LogP contribution in [0.5, 0.6) is 0 Å². The second-order valence-electron chi connectivity index (χ2n) is 3.24. The van der Waals surface area contributed by atoms with E-state index in [0.717, 1.165) is 0 Å². The molecule has 90 valence electrons. The van der Waals surface area contributed by atoms with Crippen LogP contribution in [0.25, 0.3) is 0 Å². The standard InChI is InChI=1S/C11H18N2O3/c1-5-16-8(2)10-12-7-6-9(13-10)11(14-3)15-4/h6-8,11H,5H2,1-4H3. The van der Waals surface area contributed by atoms with Crippen LogP contribution >= 0.6 is 0 Å². The highest BCUT2D eigenvalue weighted by Gasteiger charge is 2.14. The first-order chi connectivity index (χ1) is 7.72. The van der Waals surface area contributed by atoms with Gasteiger partial charge in [0, 0.05) is 27.0 Å². The van der Waals surface area contributed by atoms with E-state index in [1.807, 2.05) is 13.8 Å². The zero-order valence-corrected chi connectivity index (χ0v) is 10.1. The quantitative estimate of drug-likeness (QED) is 0.693. The highest BCUT2D eigenvalue weighted by molar-refractivity contribution is 5.05. The summed E-state index contributed by atoms with van der Waals surface area (Å²) in [5, 5.41) is 0. The summed E-state index contributed by atoms with van der Waals surface area (Å²) in [5.74, 6) is 0.637. The second-order valence-corrected chi connectivity index (χ2v) is 3.24. The van der Waals surface area contributed by atoms with Crippen LogP contribution in [0.1, 0.15) is 37.8 Å². The first-order valence-electron chi connectivity index (χ1n) is 5.23. The molecule has 0 aliphatic carbocycles. The summed E-state index contributed by atoms with van der Waals surface area (Å²) < 4.78 is 15.7. The van der Waals surface area contributed by atoms with Gasteiger partial charge in [-0.1, -0.05) is 0 Å². The Kier molecular flexibility index (Phi) is 5.31. The largest absolute Gasteiger partial charge is 0.371 e. The molecule has 5 heteroatoms. The molecule has 0 saturated carbocycles. The fourth-order valence-electron chi connectivity index (χ4n) is 1.38. The molecule has 16 heavy (non-hydrogen) atoms. The van der Waals surface area contributed by atoms with Crippen LogP contribution in [0, 0.1) is 0 Å². The van der Waals surface area contributed by atoms with Gasteiger partial charge < -0.3 is 14.2 Å². The lowest BCUT2D eigenvalue weighted by Gasteiger charge is -2.15. The third-order valence-corrected chi connectivity index (χ3v) is 2.15. The first kappa shape index (κ1) is 13.0. The Hall–Kier alpha value is -1.04. The van der Waals surface area contributed by atoms with Crippen molar-refractivity contribution in [2.45, 2.75) is 26.2 Å². The minimum Gasteiger partial charge on any atom is -0.371 e. The number of hydrogen-bond acceptors (Lipinski definition) is 5. The summed E-state index contributed by atoms with van der Waals surface area (Å²) in [7, 11) is 3.14. The van der Waals surface area contributed by atoms with Crippen molar-refractivity contribution in [1.29, 1.82) is 0 Å². The maximum Gasteiger partial charge on any atom is 0.200 e. The van der Waals surface area contributed by atoms with Crippen LogP contribution in [0.4, 0.5) is 0 Å². The monoisotopic (exact) mass is 226 g/mol. The normalized spacial score (nSPS) is 13.1. The van der Waals surface area contributed by atoms with Crippen molar-refractivity contribution in [2.75, 3.05) is 20.8 Å². The SMILES string of the molecule is CCOC(C)c1nccc(C(OC)OC)n1. The molecule has 1 rings (SSSR count). The molecular weight excluding hydrogens is 208 g/mol. The van der Waals surface area contributed by atoms with Crippen molar-refractivity contribution in [3.05, 3.63) is 23.8 Å². The second kappa shape index (κ2) is 6.52. The van der Waals surface area contributed by atoms with Gasteiger partial charge in [0.15, 0.2) is 5.82 Å². The number of methoxy groups -OCH3 is 2. The van der Waals surface area contributed by atoms with E-state index in [0.29, 0.717) is 18.1 Å². The molecule has 1 heterocycles. The van der Waals surface area contributed by atoms with Gasteiger partial charge in [-0.15, -0.1) is 0 Å². The number of nitrogens with zero attached hydrogens (tertiary/aromatic N) is 2. The molecule has 0 amide bonds. The Labute approximate surface area is 95.8 Å². The van der Waals surface area contributed by atoms with Crippen LogP contribution in [0.3, 0.4) is 0 Å². The van der Waals surface area contributed by atoms with Gasteiger partial charge in [-0.25, -0.2) is 9.97 Å². The van der Waals surface area contributed by atoms with Crippen LogP contribution in [-0.2, 0) is 14.2 Å². The summed E-state index contributed by atoms with van der Waals surface area (Å²) in [4.78, 5) is 8.51. The lowest BCUT2D eigenvalue weighted by atomic mass is 10.3. The maximum atomic E-state index is 5.42. The van der Waals surface area contributed by atoms with Crippen molar-refractivity contribution < 1.29 is 14.2 Å². The summed E-state index contributed by atoms with van der Waals surface area (Å²) >= 11 is 0. The third-order valence-electron chi connectivity index (χ3n) is 2.15. The van der Waals surface area contributed by atoms with Gasteiger partial charge in [0.2, 0.25) is 6.29 Å². The summed E-state index contributed by atoms with van der Waals surface area (Å²) in [5.41, 5.74) is 0.696. The van der Waals surface area contributed by atoms with Gasteiger partial charge in [-0.05, 0) is 19.9 Å². The Morgan fingerprint density at radius 3 is 2.56 bits per heavy atom. The van der Waals surface area contributed by atoms with Gasteiger partial charge in [-0.3, -0.25) is 0 Å². The predicted octanol–water partition coefficient (Wildman–Crippen LogP) is 1.87. The zero-order chi connectivity index (χ0) is 12.0. The highest BCUT2D eigenvalue weighted by Crippen LogP contribution is 2.17. The molecule has 5 nitrogen and oxygen atoms in total. The molecule has 0 aliphatic rings. The van der Waals surface area contributed by atoms with Crippen molar-refractivity contribution in [1.82, 2.24) is 9.97 Å². The molecule has 1 atom stereocenters. The summed E-state index contributed by atoms with van der Waals surface area (Å²) in [6.07, 6.45) is 1.09. The van der Waals surface area contributed by atoms with Gasteiger partial charge >= 0.3 is 0 Å². The van der Waals surface area contributed by atoms with E-state index in [4.69, 9.17) is 14.2 Å². The number of rotatable bonds is 6. The topological polar surface area (TPSA) is 53.5 Å². The number of ether oxygens (including phenoxy) is 3. The lowest BCUT2D eigenvalue weighted by Crippen LogP contribution is -2.11. The molecule has 0 N–H and O–H groups in total. The molecule has 0 radical (unpaired) electrons. The Morgan fingerprint density at radius 2 is 2.00 bits per heavy atom. The van der Waals surface area contributed by atoms with Crippen LogP contribution in [0.2, 0.25) is 0 Å². The van der Waals surface area contributed by atoms with Crippen LogP contribution in [0.15, 0.2) is 12.3 Å². The highest BCUT2D eigenvalue weighted by atomic mass is 16.7. The average molecular weight is 226 g/mol. The molecule has 0 bridgehead atoms. The molecule has 0 aliphatic heterocycles. The van der Waals surface area contributed by atoms with E-state index in [9.17, 15) is 0 Å². The molecular formula is C11H18N2O3. The summed E-state index contributed by atoms with van der Waals surface area (Å²) in [6.45, 7) is 4.48. The molecule has 1 unspecified atom stereocenters. The van der Waals surface area contributed by atoms with Crippen molar-refractivity contribution in [2.24, 2.45) is 0 Å². The van der Waals surface area contributed by atoms with Gasteiger partial charge in [0.05, 0.1) is 0 Å². The fourth-order valence-corrected chi connectivity index (χ4v) is 1.38. The zero-order valence-electron chi connectivity index (χ0n) is 10.1. The minimum absolute atomic E-state index is 0.126. The van der Waals surface area contributed by atoms with Gasteiger partial charge in [0.1, 0.15) is 11.8 Å². The van der Waals surface area contributed by atoms with Crippen molar-refractivity contribution in [3.8, 4) is 0 Å². The smallest absolute Gasteiger partial charge is 0.200 e. The number of hydrogen-bond donors (Lipinski definition) is 0. The van der Waals surface area contributed by atoms with E-state index < -0.39 is 6.29 Å². The minimum atomic E-state index is -0.462. The fraction of sp³-hybridized carbons (Fsp3) is 0.636. The summed E-state index contributed by atoms with van der Waals surface area (Å²) in [6, 6.07) is 1.76. The molecule has 1 aromatic heterocycles. The third kappa shape index (κ3) is 3.23. The molecule has 1 aromatic rings. The molecule has 0 saturated heterocycles. The van der Waals surface area contributed by atoms with Crippen LogP contribution in [-0.4, -0.2) is 30.8 Å². The van der Waals surface area contributed by atoms with E-state index in [-0.39, 0.29) is 6.10 Å². The van der Waals surface area contributed by atoms with E-state index in [1.54, 1.807) is 26.5 Å². The average Bonchev–Trinajstić information content (AvgIpc) is 2.31. The van der Waals surface area contributed by atoms with Crippen LogP contribution < -0.4 is 0 Å². The van der Waals surface area contributed by atoms with Crippen molar-refractivity contribution in [3.63, 3.8) is 0 Å². The molecule has 0 aromatic carbocycles. The molecule has 0 spiro atoms. The van der Waals surface area contributed by atoms with E-state index in [1.165, 1.54) is 0 Å².